The Morgan fingerprint density at radius 1 is 1.25 bits per heavy atom. The molecule has 20 heavy (non-hydrogen) atoms. The zero-order valence-electron chi connectivity index (χ0n) is 10.6. The van der Waals surface area contributed by atoms with Gasteiger partial charge in [0.1, 0.15) is 5.75 Å². The Bertz CT molecular complexity index is 656. The van der Waals surface area contributed by atoms with Gasteiger partial charge in [-0.2, -0.15) is 0 Å². The van der Waals surface area contributed by atoms with E-state index in [2.05, 4.69) is 15.9 Å². The summed E-state index contributed by atoms with van der Waals surface area (Å²) in [5.74, 6) is 0.653. The second kappa shape index (κ2) is 6.61. The van der Waals surface area contributed by atoms with E-state index in [-0.39, 0.29) is 12.2 Å². The minimum Gasteiger partial charge on any atom is -0.496 e. The molecule has 0 radical (unpaired) electrons. The molecule has 0 aromatic heterocycles. The van der Waals surface area contributed by atoms with Crippen molar-refractivity contribution in [2.24, 2.45) is 0 Å². The number of carbonyl (C=O) groups is 1. The molecule has 2 aromatic carbocycles. The molecule has 0 heterocycles. The van der Waals surface area contributed by atoms with E-state index >= 15 is 0 Å². The summed E-state index contributed by atoms with van der Waals surface area (Å²) in [6.45, 7) is 0. The van der Waals surface area contributed by atoms with Crippen LogP contribution in [0.2, 0.25) is 10.0 Å². The van der Waals surface area contributed by atoms with Gasteiger partial charge in [0, 0.05) is 12.0 Å². The summed E-state index contributed by atoms with van der Waals surface area (Å²) >= 11 is 15.4. The van der Waals surface area contributed by atoms with Gasteiger partial charge in [-0.3, -0.25) is 4.79 Å². The van der Waals surface area contributed by atoms with Crippen LogP contribution in [0.15, 0.2) is 40.9 Å². The molecule has 2 aromatic rings. The van der Waals surface area contributed by atoms with Crippen LogP contribution in [0.25, 0.3) is 0 Å². The number of halogens is 3. The van der Waals surface area contributed by atoms with Crippen molar-refractivity contribution < 1.29 is 9.53 Å². The van der Waals surface area contributed by atoms with E-state index in [0.717, 1.165) is 10.0 Å². The minimum atomic E-state index is -0.0301. The molecule has 0 fully saturated rings. The highest BCUT2D eigenvalue weighted by atomic mass is 79.9. The van der Waals surface area contributed by atoms with E-state index in [1.165, 1.54) is 0 Å². The Hall–Kier alpha value is -1.03. The largest absolute Gasteiger partial charge is 0.496 e. The lowest BCUT2D eigenvalue weighted by Crippen LogP contribution is -2.04. The van der Waals surface area contributed by atoms with E-state index in [4.69, 9.17) is 27.9 Å². The van der Waals surface area contributed by atoms with Crippen molar-refractivity contribution in [3.63, 3.8) is 0 Å². The summed E-state index contributed by atoms with van der Waals surface area (Å²) in [5.41, 5.74) is 1.31. The highest BCUT2D eigenvalue weighted by Gasteiger charge is 2.13. The van der Waals surface area contributed by atoms with Gasteiger partial charge in [0.05, 0.1) is 21.6 Å². The number of hydrogen-bond donors (Lipinski definition) is 0. The molecular weight excluding hydrogens is 363 g/mol. The zero-order valence-corrected chi connectivity index (χ0v) is 13.7. The molecule has 0 saturated heterocycles. The van der Waals surface area contributed by atoms with Gasteiger partial charge in [0.2, 0.25) is 0 Å². The second-order valence-electron chi connectivity index (χ2n) is 4.16. The molecule has 0 aliphatic rings. The van der Waals surface area contributed by atoms with Crippen LogP contribution < -0.4 is 4.74 Å². The lowest BCUT2D eigenvalue weighted by Gasteiger charge is -2.07. The first-order valence-electron chi connectivity index (χ1n) is 5.82. The number of benzene rings is 2. The fraction of sp³-hybridized carbons (Fsp3) is 0.133. The van der Waals surface area contributed by atoms with Gasteiger partial charge < -0.3 is 4.74 Å². The van der Waals surface area contributed by atoms with Crippen molar-refractivity contribution in [1.82, 2.24) is 0 Å². The monoisotopic (exact) mass is 372 g/mol. The summed E-state index contributed by atoms with van der Waals surface area (Å²) in [6.07, 6.45) is 0.207. The molecular formula is C15H11BrCl2O2. The Balaban J connectivity index is 2.24. The summed E-state index contributed by atoms with van der Waals surface area (Å²) in [6, 6.07) is 10.5. The van der Waals surface area contributed by atoms with Gasteiger partial charge in [-0.1, -0.05) is 35.3 Å². The van der Waals surface area contributed by atoms with Gasteiger partial charge in [0.25, 0.3) is 0 Å². The number of carbonyl (C=O) groups excluding carboxylic acids is 1. The van der Waals surface area contributed by atoms with Gasteiger partial charge in [-0.25, -0.2) is 0 Å². The molecule has 104 valence electrons. The number of Topliss-reactive ketones (excluding diaryl/α,β-unsaturated/α-hetero) is 1. The van der Waals surface area contributed by atoms with Crippen molar-refractivity contribution in [2.75, 3.05) is 7.11 Å². The third-order valence-corrected chi connectivity index (χ3v) is 4.33. The number of methoxy groups -OCH3 is 1. The van der Waals surface area contributed by atoms with Gasteiger partial charge in [-0.05, 0) is 45.8 Å². The fourth-order valence-corrected chi connectivity index (χ4v) is 2.73. The van der Waals surface area contributed by atoms with E-state index in [0.29, 0.717) is 21.4 Å². The van der Waals surface area contributed by atoms with Crippen molar-refractivity contribution in [3.05, 3.63) is 62.0 Å². The van der Waals surface area contributed by atoms with Crippen LogP contribution in [0, 0.1) is 0 Å². The van der Waals surface area contributed by atoms with Crippen LogP contribution in [-0.2, 0) is 6.42 Å². The molecule has 0 bridgehead atoms. The molecule has 0 N–H and O–H groups in total. The van der Waals surface area contributed by atoms with Gasteiger partial charge in [-0.15, -0.1) is 0 Å². The number of rotatable bonds is 4. The molecule has 2 rings (SSSR count). The maximum absolute atomic E-state index is 12.3. The molecule has 2 nitrogen and oxygen atoms in total. The number of ketones is 1. The lowest BCUT2D eigenvalue weighted by atomic mass is 10.0. The molecule has 0 atom stereocenters. The molecule has 0 aliphatic heterocycles. The van der Waals surface area contributed by atoms with Gasteiger partial charge in [0.15, 0.2) is 5.78 Å². The van der Waals surface area contributed by atoms with Crippen LogP contribution in [0.5, 0.6) is 5.75 Å². The molecule has 0 spiro atoms. The van der Waals surface area contributed by atoms with Crippen LogP contribution >= 0.6 is 39.1 Å². The van der Waals surface area contributed by atoms with Crippen LogP contribution in [-0.4, -0.2) is 12.9 Å². The minimum absolute atomic E-state index is 0.0301. The van der Waals surface area contributed by atoms with Crippen LogP contribution in [0.3, 0.4) is 0 Å². The van der Waals surface area contributed by atoms with Crippen molar-refractivity contribution in [2.45, 2.75) is 6.42 Å². The predicted molar refractivity (Wildman–Crippen MR) is 85.2 cm³/mol. The van der Waals surface area contributed by atoms with Crippen LogP contribution in [0.4, 0.5) is 0 Å². The molecule has 0 saturated carbocycles. The van der Waals surface area contributed by atoms with E-state index in [1.807, 2.05) is 0 Å². The number of hydrogen-bond acceptors (Lipinski definition) is 2. The Kier molecular flexibility index (Phi) is 5.08. The first-order valence-corrected chi connectivity index (χ1v) is 7.37. The number of ether oxygens (including phenoxy) is 1. The van der Waals surface area contributed by atoms with Gasteiger partial charge >= 0.3 is 0 Å². The van der Waals surface area contributed by atoms with Crippen LogP contribution in [0.1, 0.15) is 15.9 Å². The van der Waals surface area contributed by atoms with E-state index in [1.54, 1.807) is 43.5 Å². The Morgan fingerprint density at radius 2 is 2.00 bits per heavy atom. The average molecular weight is 374 g/mol. The van der Waals surface area contributed by atoms with Crippen molar-refractivity contribution in [1.29, 1.82) is 0 Å². The highest BCUT2D eigenvalue weighted by Crippen LogP contribution is 2.28. The Labute approximate surface area is 135 Å². The smallest absolute Gasteiger partial charge is 0.167 e. The SMILES string of the molecule is COc1ccc(C(=O)Cc2cccc(Cl)c2Cl)cc1Br. The van der Waals surface area contributed by atoms with Crippen molar-refractivity contribution >= 4 is 44.9 Å². The Morgan fingerprint density at radius 3 is 2.65 bits per heavy atom. The zero-order chi connectivity index (χ0) is 14.7. The summed E-state index contributed by atoms with van der Waals surface area (Å²) in [5, 5.41) is 0.878. The summed E-state index contributed by atoms with van der Waals surface area (Å²) in [4.78, 5) is 12.3. The lowest BCUT2D eigenvalue weighted by molar-refractivity contribution is 0.0993. The third-order valence-electron chi connectivity index (χ3n) is 2.86. The average Bonchev–Trinajstić information content (AvgIpc) is 2.43. The molecule has 0 aliphatic carbocycles. The maximum Gasteiger partial charge on any atom is 0.167 e. The topological polar surface area (TPSA) is 26.3 Å². The fourth-order valence-electron chi connectivity index (χ4n) is 1.80. The third kappa shape index (κ3) is 3.35. The van der Waals surface area contributed by atoms with E-state index in [9.17, 15) is 4.79 Å². The second-order valence-corrected chi connectivity index (χ2v) is 5.80. The quantitative estimate of drug-likeness (QED) is 0.689. The standard InChI is InChI=1S/C15H11BrCl2O2/c1-20-14-6-5-9(7-11(14)16)13(19)8-10-3-2-4-12(17)15(10)18/h2-7H,8H2,1H3. The normalized spacial score (nSPS) is 10.4. The summed E-state index contributed by atoms with van der Waals surface area (Å²) in [7, 11) is 1.58. The predicted octanol–water partition coefficient (Wildman–Crippen LogP) is 5.19. The molecule has 0 unspecified atom stereocenters. The molecule has 5 heteroatoms. The van der Waals surface area contributed by atoms with E-state index < -0.39 is 0 Å². The first kappa shape index (κ1) is 15.4. The maximum atomic E-state index is 12.3. The molecule has 0 amide bonds. The first-order chi connectivity index (χ1) is 9.52. The van der Waals surface area contributed by atoms with Crippen molar-refractivity contribution in [3.8, 4) is 5.75 Å². The summed E-state index contributed by atoms with van der Waals surface area (Å²) < 4.78 is 5.88. The highest BCUT2D eigenvalue weighted by molar-refractivity contribution is 9.10.